The van der Waals surface area contributed by atoms with Crippen LogP contribution in [0.3, 0.4) is 0 Å². The predicted octanol–water partition coefficient (Wildman–Crippen LogP) is 3.19. The van der Waals surface area contributed by atoms with Crippen LogP contribution in [-0.2, 0) is 6.42 Å². The number of benzene rings is 2. The Hall–Kier alpha value is -1.64. The molecule has 18 heavy (non-hydrogen) atoms. The predicted molar refractivity (Wildman–Crippen MR) is 73.3 cm³/mol. The van der Waals surface area contributed by atoms with Crippen LogP contribution in [0, 0.1) is 5.21 Å². The largest absolute Gasteiger partial charge is 0.627 e. The molecule has 2 aromatic rings. The molecule has 2 aromatic carbocycles. The maximum absolute atomic E-state index is 12.9. The van der Waals surface area contributed by atoms with E-state index in [0.29, 0.717) is 5.92 Å². The minimum Gasteiger partial charge on any atom is -0.627 e. The Morgan fingerprint density at radius 2 is 1.67 bits per heavy atom. The molecule has 0 N–H and O–H groups in total. The van der Waals surface area contributed by atoms with E-state index in [2.05, 4.69) is 30.3 Å². The van der Waals surface area contributed by atoms with E-state index < -0.39 is 0 Å². The van der Waals surface area contributed by atoms with E-state index in [0.717, 1.165) is 12.1 Å². The van der Waals surface area contributed by atoms with Crippen LogP contribution in [-0.4, -0.2) is 13.1 Å². The van der Waals surface area contributed by atoms with Gasteiger partial charge in [-0.15, -0.1) is 0 Å². The van der Waals surface area contributed by atoms with Crippen molar-refractivity contribution in [2.75, 3.05) is 7.05 Å². The van der Waals surface area contributed by atoms with Crippen molar-refractivity contribution >= 4 is 5.69 Å². The van der Waals surface area contributed by atoms with E-state index in [-0.39, 0.29) is 10.7 Å². The highest BCUT2D eigenvalue weighted by molar-refractivity contribution is 5.65. The third-order valence-electron chi connectivity index (χ3n) is 4.59. The molecule has 1 heterocycles. The minimum atomic E-state index is -0.227. The summed E-state index contributed by atoms with van der Waals surface area (Å²) in [7, 11) is 1.80. The summed E-state index contributed by atoms with van der Waals surface area (Å²) < 4.78 is -0.227. The van der Waals surface area contributed by atoms with Gasteiger partial charge in [-0.3, -0.25) is 0 Å². The van der Waals surface area contributed by atoms with Crippen LogP contribution in [0.1, 0.15) is 22.6 Å². The number of fused-ring (bicyclic) bond motifs is 5. The molecule has 0 fully saturated rings. The molecule has 0 radical (unpaired) electrons. The highest BCUT2D eigenvalue weighted by atomic mass is 16.5. The first-order valence-corrected chi connectivity index (χ1v) is 6.44. The fraction of sp³-hybridized carbons (Fsp3) is 0.250. The zero-order valence-electron chi connectivity index (χ0n) is 10.3. The van der Waals surface area contributed by atoms with Crippen molar-refractivity contribution in [3.8, 4) is 0 Å². The second kappa shape index (κ2) is 3.22. The van der Waals surface area contributed by atoms with Crippen LogP contribution in [0.15, 0.2) is 48.5 Å². The summed E-state index contributed by atoms with van der Waals surface area (Å²) in [5.41, 5.74) is 4.88. The summed E-state index contributed by atoms with van der Waals surface area (Å²) in [5.74, 6) is 0.292. The minimum absolute atomic E-state index is 0.125. The highest BCUT2D eigenvalue weighted by Crippen LogP contribution is 2.52. The maximum atomic E-state index is 12.9. The molecular formula is C16H15NO. The molecule has 0 saturated carbocycles. The molecule has 2 nitrogen and oxygen atoms in total. The van der Waals surface area contributed by atoms with Crippen molar-refractivity contribution in [3.63, 3.8) is 0 Å². The smallest absolute Gasteiger partial charge is 0.136 e. The average molecular weight is 237 g/mol. The molecule has 2 aliphatic rings. The normalized spacial score (nSPS) is 31.9. The van der Waals surface area contributed by atoms with E-state index in [1.54, 1.807) is 7.05 Å². The highest BCUT2D eigenvalue weighted by Gasteiger charge is 2.50. The van der Waals surface area contributed by atoms with E-state index in [1.165, 1.54) is 16.7 Å². The van der Waals surface area contributed by atoms with E-state index in [9.17, 15) is 5.21 Å². The second-order valence-electron chi connectivity index (χ2n) is 5.50. The van der Waals surface area contributed by atoms with Gasteiger partial charge >= 0.3 is 0 Å². The number of likely N-dealkylation sites (N-methyl/N-ethyl adjacent to an activating group) is 1. The zero-order valence-corrected chi connectivity index (χ0v) is 10.3. The van der Waals surface area contributed by atoms with Gasteiger partial charge in [-0.1, -0.05) is 42.5 Å². The summed E-state index contributed by atoms with van der Waals surface area (Å²) >= 11 is 0. The van der Waals surface area contributed by atoms with Gasteiger partial charge in [-0.05, 0) is 17.2 Å². The molecule has 2 heteroatoms. The fourth-order valence-corrected chi connectivity index (χ4v) is 3.74. The number of rotatable bonds is 0. The molecule has 3 atom stereocenters. The Kier molecular flexibility index (Phi) is 1.84. The lowest BCUT2D eigenvalue weighted by atomic mass is 9.93. The Balaban J connectivity index is 1.99. The summed E-state index contributed by atoms with van der Waals surface area (Å²) in [5, 5.41) is 12.9. The molecule has 0 aromatic heterocycles. The van der Waals surface area contributed by atoms with E-state index >= 15 is 0 Å². The quantitative estimate of drug-likeness (QED) is 0.509. The van der Waals surface area contributed by atoms with Crippen molar-refractivity contribution in [2.45, 2.75) is 18.4 Å². The molecule has 0 amide bonds. The molecule has 0 saturated heterocycles. The van der Waals surface area contributed by atoms with Crippen LogP contribution in [0.2, 0.25) is 0 Å². The molecule has 1 aliphatic carbocycles. The number of hydrogen-bond acceptors (Lipinski definition) is 1. The van der Waals surface area contributed by atoms with Gasteiger partial charge in [0, 0.05) is 12.0 Å². The second-order valence-corrected chi connectivity index (χ2v) is 5.50. The molecule has 0 spiro atoms. The van der Waals surface area contributed by atoms with Gasteiger partial charge in [-0.25, -0.2) is 0 Å². The third kappa shape index (κ3) is 1.10. The number of quaternary nitrogens is 1. The summed E-state index contributed by atoms with van der Waals surface area (Å²) in [6, 6.07) is 16.7. The fourth-order valence-electron chi connectivity index (χ4n) is 3.74. The Labute approximate surface area is 107 Å². The number of hydrogen-bond donors (Lipinski definition) is 0. The molecule has 3 unspecified atom stereocenters. The topological polar surface area (TPSA) is 23.1 Å². The third-order valence-corrected chi connectivity index (χ3v) is 4.59. The van der Waals surface area contributed by atoms with Crippen molar-refractivity contribution in [1.82, 2.24) is 4.65 Å². The van der Waals surface area contributed by atoms with Gasteiger partial charge in [0.05, 0.1) is 13.0 Å². The van der Waals surface area contributed by atoms with Gasteiger partial charge in [0.2, 0.25) is 0 Å². The van der Waals surface area contributed by atoms with Crippen molar-refractivity contribution in [3.05, 3.63) is 70.4 Å². The van der Waals surface area contributed by atoms with Crippen molar-refractivity contribution < 1.29 is 0 Å². The van der Waals surface area contributed by atoms with Crippen LogP contribution < -0.4 is 4.65 Å². The Bertz CT molecular complexity index is 632. The lowest BCUT2D eigenvalue weighted by Gasteiger charge is -2.40. The van der Waals surface area contributed by atoms with Gasteiger partial charge in [0.25, 0.3) is 0 Å². The van der Waals surface area contributed by atoms with Gasteiger partial charge in [0.15, 0.2) is 0 Å². The standard InChI is InChI=1S/C16H15NO/c1-17(18)14-9-5-4-8-13(14)16-12-7-3-2-6-11(12)10-15(16)17/h2-9,15-16H,10H2,1H3. The summed E-state index contributed by atoms with van der Waals surface area (Å²) in [4.78, 5) is 0. The number of hydroxylamine groups is 2. The van der Waals surface area contributed by atoms with E-state index in [4.69, 9.17) is 0 Å². The molecule has 4 rings (SSSR count). The first-order valence-electron chi connectivity index (χ1n) is 6.44. The summed E-state index contributed by atoms with van der Waals surface area (Å²) in [6.07, 6.45) is 0.898. The van der Waals surface area contributed by atoms with Gasteiger partial charge in [0.1, 0.15) is 11.7 Å². The molecule has 0 bridgehead atoms. The molecule has 1 aliphatic heterocycles. The first-order chi connectivity index (χ1) is 8.69. The van der Waals surface area contributed by atoms with Crippen LogP contribution in [0.25, 0.3) is 0 Å². The van der Waals surface area contributed by atoms with Crippen LogP contribution in [0.5, 0.6) is 0 Å². The zero-order chi connectivity index (χ0) is 12.3. The van der Waals surface area contributed by atoms with Crippen LogP contribution >= 0.6 is 0 Å². The SMILES string of the molecule is C[N+]1([O-])c2ccccc2C2c3ccccc3CC21. The lowest BCUT2D eigenvalue weighted by Crippen LogP contribution is -2.46. The van der Waals surface area contributed by atoms with E-state index in [1.807, 2.05) is 18.2 Å². The van der Waals surface area contributed by atoms with Crippen molar-refractivity contribution in [2.24, 2.45) is 0 Å². The molecular weight excluding hydrogens is 222 g/mol. The Morgan fingerprint density at radius 1 is 1.00 bits per heavy atom. The lowest BCUT2D eigenvalue weighted by molar-refractivity contribution is 0.347. The van der Waals surface area contributed by atoms with Gasteiger partial charge in [-0.2, -0.15) is 0 Å². The Morgan fingerprint density at radius 3 is 2.50 bits per heavy atom. The number of nitrogens with zero attached hydrogens (tertiary/aromatic N) is 1. The number of para-hydroxylation sites is 1. The first kappa shape index (κ1) is 10.3. The average Bonchev–Trinajstić information content (AvgIpc) is 2.87. The van der Waals surface area contributed by atoms with Crippen molar-refractivity contribution in [1.29, 1.82) is 0 Å². The van der Waals surface area contributed by atoms with Gasteiger partial charge < -0.3 is 9.85 Å². The molecule has 90 valence electrons. The monoisotopic (exact) mass is 237 g/mol. The maximum Gasteiger partial charge on any atom is 0.136 e. The van der Waals surface area contributed by atoms with Crippen LogP contribution in [0.4, 0.5) is 5.69 Å². The summed E-state index contributed by atoms with van der Waals surface area (Å²) in [6.45, 7) is 0.